The molecule has 1 aromatic heterocycles. The Kier molecular flexibility index (Phi) is 4.29. The molecule has 2 fully saturated rings. The predicted octanol–water partition coefficient (Wildman–Crippen LogP) is 3.32. The molecule has 3 rings (SSSR count). The highest BCUT2D eigenvalue weighted by Gasteiger charge is 2.34. The van der Waals surface area contributed by atoms with E-state index in [0.29, 0.717) is 17.0 Å². The van der Waals surface area contributed by atoms with Crippen LogP contribution in [0.25, 0.3) is 0 Å². The average Bonchev–Trinajstić information content (AvgIpc) is 2.93. The van der Waals surface area contributed by atoms with E-state index in [-0.39, 0.29) is 5.75 Å². The average molecular weight is 296 g/mol. The van der Waals surface area contributed by atoms with Crippen molar-refractivity contribution in [3.8, 4) is 0 Å². The van der Waals surface area contributed by atoms with E-state index in [1.165, 1.54) is 32.1 Å². The van der Waals surface area contributed by atoms with Crippen molar-refractivity contribution in [2.45, 2.75) is 56.1 Å². The third-order valence-electron chi connectivity index (χ3n) is 4.63. The molecule has 0 saturated heterocycles. The topological polar surface area (TPSA) is 76.2 Å². The van der Waals surface area contributed by atoms with Crippen molar-refractivity contribution in [3.05, 3.63) is 5.89 Å². The molecule has 0 spiro atoms. The van der Waals surface area contributed by atoms with E-state index in [1.54, 1.807) is 0 Å². The highest BCUT2D eigenvalue weighted by Crippen LogP contribution is 2.45. The second kappa shape index (κ2) is 6.16. The van der Waals surface area contributed by atoms with Crippen LogP contribution in [0, 0.1) is 11.8 Å². The SMILES string of the molecule is O=C(O)CSc1nnc(C2CCC3CCCCC3C2)o1. The minimum absolute atomic E-state index is 0.0308. The van der Waals surface area contributed by atoms with Crippen LogP contribution in [0.15, 0.2) is 9.64 Å². The number of fused-ring (bicyclic) bond motifs is 1. The van der Waals surface area contributed by atoms with E-state index < -0.39 is 5.97 Å². The molecule has 5 nitrogen and oxygen atoms in total. The molecule has 0 bridgehead atoms. The van der Waals surface area contributed by atoms with Crippen molar-refractivity contribution in [3.63, 3.8) is 0 Å². The summed E-state index contributed by atoms with van der Waals surface area (Å²) in [4.78, 5) is 10.5. The van der Waals surface area contributed by atoms with Gasteiger partial charge < -0.3 is 9.52 Å². The van der Waals surface area contributed by atoms with Gasteiger partial charge in [-0.05, 0) is 31.1 Å². The Morgan fingerprint density at radius 3 is 2.80 bits per heavy atom. The number of carbonyl (C=O) groups is 1. The minimum atomic E-state index is -0.863. The summed E-state index contributed by atoms with van der Waals surface area (Å²) < 4.78 is 5.63. The third kappa shape index (κ3) is 3.16. The first kappa shape index (κ1) is 13.9. The quantitative estimate of drug-likeness (QED) is 0.859. The highest BCUT2D eigenvalue weighted by atomic mass is 32.2. The van der Waals surface area contributed by atoms with Gasteiger partial charge in [-0.15, -0.1) is 10.2 Å². The van der Waals surface area contributed by atoms with Gasteiger partial charge in [0.2, 0.25) is 5.89 Å². The molecular weight excluding hydrogens is 276 g/mol. The minimum Gasteiger partial charge on any atom is -0.481 e. The fourth-order valence-corrected chi connectivity index (χ4v) is 4.15. The lowest BCUT2D eigenvalue weighted by Crippen LogP contribution is -2.26. The monoisotopic (exact) mass is 296 g/mol. The number of nitrogens with zero attached hydrogens (tertiary/aromatic N) is 2. The molecule has 2 aliphatic carbocycles. The van der Waals surface area contributed by atoms with Crippen LogP contribution in [0.5, 0.6) is 0 Å². The van der Waals surface area contributed by atoms with Crippen LogP contribution in [0.1, 0.15) is 56.8 Å². The molecule has 2 aliphatic rings. The molecular formula is C14H20N2O3S. The maximum atomic E-state index is 10.5. The smallest absolute Gasteiger partial charge is 0.314 e. The number of rotatable bonds is 4. The first-order chi connectivity index (χ1) is 9.72. The summed E-state index contributed by atoms with van der Waals surface area (Å²) in [5, 5.41) is 17.1. The number of hydrogen-bond acceptors (Lipinski definition) is 5. The molecule has 2 saturated carbocycles. The van der Waals surface area contributed by atoms with Crippen molar-refractivity contribution in [2.24, 2.45) is 11.8 Å². The summed E-state index contributed by atoms with van der Waals surface area (Å²) in [5.74, 6) is 1.92. The number of carboxylic acids is 1. The van der Waals surface area contributed by atoms with Crippen LogP contribution in [0.2, 0.25) is 0 Å². The van der Waals surface area contributed by atoms with Crippen LogP contribution in [-0.4, -0.2) is 27.0 Å². The van der Waals surface area contributed by atoms with Crippen molar-refractivity contribution < 1.29 is 14.3 Å². The maximum absolute atomic E-state index is 10.5. The number of aromatic nitrogens is 2. The summed E-state index contributed by atoms with van der Waals surface area (Å²) in [6.45, 7) is 0. The van der Waals surface area contributed by atoms with Crippen molar-refractivity contribution >= 4 is 17.7 Å². The molecule has 0 radical (unpaired) electrons. The maximum Gasteiger partial charge on any atom is 0.314 e. The summed E-state index contributed by atoms with van der Waals surface area (Å²) in [7, 11) is 0. The van der Waals surface area contributed by atoms with Gasteiger partial charge in [0, 0.05) is 5.92 Å². The van der Waals surface area contributed by atoms with Crippen LogP contribution < -0.4 is 0 Å². The van der Waals surface area contributed by atoms with Crippen molar-refractivity contribution in [1.29, 1.82) is 0 Å². The molecule has 1 aromatic rings. The van der Waals surface area contributed by atoms with Gasteiger partial charge in [-0.25, -0.2) is 0 Å². The van der Waals surface area contributed by atoms with Gasteiger partial charge in [0.15, 0.2) is 0 Å². The lowest BCUT2D eigenvalue weighted by Gasteiger charge is -2.38. The number of hydrogen-bond donors (Lipinski definition) is 1. The number of thioether (sulfide) groups is 1. The Bertz CT molecular complexity index is 477. The highest BCUT2D eigenvalue weighted by molar-refractivity contribution is 7.99. The Balaban J connectivity index is 1.60. The van der Waals surface area contributed by atoms with E-state index in [2.05, 4.69) is 10.2 Å². The largest absolute Gasteiger partial charge is 0.481 e. The Hall–Kier alpha value is -1.04. The molecule has 20 heavy (non-hydrogen) atoms. The Morgan fingerprint density at radius 2 is 2.00 bits per heavy atom. The van der Waals surface area contributed by atoms with Gasteiger partial charge in [0.1, 0.15) is 5.75 Å². The summed E-state index contributed by atoms with van der Waals surface area (Å²) in [5.41, 5.74) is 0. The van der Waals surface area contributed by atoms with Gasteiger partial charge in [0.05, 0.1) is 0 Å². The van der Waals surface area contributed by atoms with E-state index >= 15 is 0 Å². The van der Waals surface area contributed by atoms with E-state index in [0.717, 1.165) is 36.4 Å². The zero-order valence-corrected chi connectivity index (χ0v) is 12.3. The second-order valence-corrected chi connectivity index (χ2v) is 6.83. The first-order valence-electron chi connectivity index (χ1n) is 7.40. The molecule has 1 N–H and O–H groups in total. The van der Waals surface area contributed by atoms with E-state index in [9.17, 15) is 4.79 Å². The van der Waals surface area contributed by atoms with Gasteiger partial charge in [-0.2, -0.15) is 0 Å². The van der Waals surface area contributed by atoms with E-state index in [4.69, 9.17) is 9.52 Å². The Morgan fingerprint density at radius 1 is 1.20 bits per heavy atom. The predicted molar refractivity (Wildman–Crippen MR) is 74.7 cm³/mol. The molecule has 0 aromatic carbocycles. The van der Waals surface area contributed by atoms with Crippen LogP contribution >= 0.6 is 11.8 Å². The summed E-state index contributed by atoms with van der Waals surface area (Å²) in [6, 6.07) is 0. The molecule has 110 valence electrons. The van der Waals surface area contributed by atoms with Crippen LogP contribution in [-0.2, 0) is 4.79 Å². The van der Waals surface area contributed by atoms with Gasteiger partial charge in [-0.1, -0.05) is 37.4 Å². The van der Waals surface area contributed by atoms with E-state index in [1.807, 2.05) is 0 Å². The van der Waals surface area contributed by atoms with Crippen LogP contribution in [0.3, 0.4) is 0 Å². The zero-order chi connectivity index (χ0) is 13.9. The van der Waals surface area contributed by atoms with Gasteiger partial charge >= 0.3 is 5.97 Å². The van der Waals surface area contributed by atoms with Gasteiger partial charge in [-0.3, -0.25) is 4.79 Å². The fraction of sp³-hybridized carbons (Fsp3) is 0.786. The molecule has 3 unspecified atom stereocenters. The molecule has 3 atom stereocenters. The zero-order valence-electron chi connectivity index (χ0n) is 11.5. The number of carboxylic acid groups (broad SMARTS) is 1. The molecule has 0 amide bonds. The molecule has 6 heteroatoms. The summed E-state index contributed by atoms with van der Waals surface area (Å²) in [6.07, 6.45) is 9.05. The Labute approximate surface area is 122 Å². The molecule has 0 aliphatic heterocycles. The van der Waals surface area contributed by atoms with Crippen LogP contribution in [0.4, 0.5) is 0 Å². The summed E-state index contributed by atoms with van der Waals surface area (Å²) >= 11 is 1.10. The third-order valence-corrected chi connectivity index (χ3v) is 5.43. The van der Waals surface area contributed by atoms with Gasteiger partial charge in [0.25, 0.3) is 5.22 Å². The second-order valence-electron chi connectivity index (χ2n) is 5.90. The normalized spacial score (nSPS) is 29.9. The fourth-order valence-electron chi connectivity index (χ4n) is 3.66. The van der Waals surface area contributed by atoms with Crippen molar-refractivity contribution in [2.75, 3.05) is 5.75 Å². The first-order valence-corrected chi connectivity index (χ1v) is 8.39. The lowest BCUT2D eigenvalue weighted by molar-refractivity contribution is -0.133. The van der Waals surface area contributed by atoms with Crippen molar-refractivity contribution in [1.82, 2.24) is 10.2 Å². The molecule has 1 heterocycles. The lowest BCUT2D eigenvalue weighted by atomic mass is 9.67. The number of aliphatic carboxylic acids is 1. The standard InChI is InChI=1S/C14H20N2O3S/c17-12(18)8-20-14-16-15-13(19-14)11-6-5-9-3-1-2-4-10(9)7-11/h9-11H,1-8H2,(H,17,18).